The van der Waals surface area contributed by atoms with E-state index in [4.69, 9.17) is 11.6 Å². The third-order valence-corrected chi connectivity index (χ3v) is 3.86. The van der Waals surface area contributed by atoms with Gasteiger partial charge in [0.05, 0.1) is 16.8 Å². The number of aromatic nitrogens is 1. The largest absolute Gasteiger partial charge is 0.308 e. The summed E-state index contributed by atoms with van der Waals surface area (Å²) < 4.78 is 0. The first-order chi connectivity index (χ1) is 8.79. The lowest BCUT2D eigenvalue weighted by Crippen LogP contribution is -2.24. The topological polar surface area (TPSA) is 24.9 Å². The highest BCUT2D eigenvalue weighted by molar-refractivity contribution is 7.09. The molecule has 0 aliphatic carbocycles. The Morgan fingerprint density at radius 1 is 1.39 bits per heavy atom. The van der Waals surface area contributed by atoms with Gasteiger partial charge in [-0.3, -0.25) is 4.98 Å². The quantitative estimate of drug-likeness (QED) is 0.862. The van der Waals surface area contributed by atoms with Gasteiger partial charge in [-0.25, -0.2) is 0 Å². The molecular formula is C14H17ClN2S. The number of rotatable bonds is 6. The molecule has 0 aliphatic heterocycles. The molecule has 0 amide bonds. The molecule has 4 heteroatoms. The Labute approximate surface area is 117 Å². The summed E-state index contributed by atoms with van der Waals surface area (Å²) in [6.07, 6.45) is 3.81. The zero-order chi connectivity index (χ0) is 12.8. The first kappa shape index (κ1) is 13.5. The van der Waals surface area contributed by atoms with Crippen LogP contribution in [0.4, 0.5) is 0 Å². The van der Waals surface area contributed by atoms with Crippen LogP contribution >= 0.6 is 22.9 Å². The Morgan fingerprint density at radius 2 is 2.28 bits per heavy atom. The zero-order valence-corrected chi connectivity index (χ0v) is 12.0. The highest BCUT2D eigenvalue weighted by Crippen LogP contribution is 2.21. The standard InChI is InChI=1S/C14H17ClN2S/c1-2-7-16-14(9-12-4-3-8-18-12)13-6-5-11(15)10-17-13/h3-6,8,10,14,16H,2,7,9H2,1H3. The third-order valence-electron chi connectivity index (χ3n) is 2.73. The Morgan fingerprint density at radius 3 is 2.89 bits per heavy atom. The van der Waals surface area contributed by atoms with Gasteiger partial charge in [-0.05, 0) is 36.5 Å². The van der Waals surface area contributed by atoms with Crippen molar-refractivity contribution >= 4 is 22.9 Å². The summed E-state index contributed by atoms with van der Waals surface area (Å²) in [6.45, 7) is 3.17. The summed E-state index contributed by atoms with van der Waals surface area (Å²) in [5.41, 5.74) is 1.06. The van der Waals surface area contributed by atoms with Crippen molar-refractivity contribution in [2.24, 2.45) is 0 Å². The van der Waals surface area contributed by atoms with E-state index < -0.39 is 0 Å². The van der Waals surface area contributed by atoms with Crippen LogP contribution in [-0.2, 0) is 6.42 Å². The Kier molecular flexibility index (Phi) is 5.17. The van der Waals surface area contributed by atoms with E-state index in [9.17, 15) is 0 Å². The number of thiophene rings is 1. The van der Waals surface area contributed by atoms with Crippen molar-refractivity contribution in [2.75, 3.05) is 6.54 Å². The van der Waals surface area contributed by atoms with Gasteiger partial charge in [-0.1, -0.05) is 24.6 Å². The maximum Gasteiger partial charge on any atom is 0.0589 e. The second kappa shape index (κ2) is 6.88. The fourth-order valence-electron chi connectivity index (χ4n) is 1.82. The van der Waals surface area contributed by atoms with Crippen molar-refractivity contribution in [1.82, 2.24) is 10.3 Å². The Balaban J connectivity index is 2.11. The smallest absolute Gasteiger partial charge is 0.0589 e. The van der Waals surface area contributed by atoms with Crippen molar-refractivity contribution < 1.29 is 0 Å². The maximum absolute atomic E-state index is 5.88. The van der Waals surface area contributed by atoms with Crippen LogP contribution in [0.2, 0.25) is 5.02 Å². The van der Waals surface area contributed by atoms with Crippen molar-refractivity contribution in [3.05, 3.63) is 51.4 Å². The molecule has 2 heterocycles. The molecule has 1 unspecified atom stereocenters. The van der Waals surface area contributed by atoms with Gasteiger partial charge in [0.15, 0.2) is 0 Å². The van der Waals surface area contributed by atoms with Crippen molar-refractivity contribution in [2.45, 2.75) is 25.8 Å². The second-order valence-corrected chi connectivity index (χ2v) is 5.66. The molecule has 1 atom stereocenters. The number of nitrogens with zero attached hydrogens (tertiary/aromatic N) is 1. The van der Waals surface area contributed by atoms with Crippen LogP contribution in [0.15, 0.2) is 35.8 Å². The first-order valence-electron chi connectivity index (χ1n) is 6.17. The van der Waals surface area contributed by atoms with Crippen molar-refractivity contribution in [3.63, 3.8) is 0 Å². The lowest BCUT2D eigenvalue weighted by Gasteiger charge is -2.17. The molecule has 0 aliphatic rings. The molecule has 0 bridgehead atoms. The van der Waals surface area contributed by atoms with E-state index in [1.54, 1.807) is 17.5 Å². The monoisotopic (exact) mass is 280 g/mol. The van der Waals surface area contributed by atoms with Gasteiger partial charge in [0.2, 0.25) is 0 Å². The van der Waals surface area contributed by atoms with E-state index in [2.05, 4.69) is 34.7 Å². The Bertz CT molecular complexity index is 453. The van der Waals surface area contributed by atoms with Crippen molar-refractivity contribution in [3.8, 4) is 0 Å². The summed E-state index contributed by atoms with van der Waals surface area (Å²) >= 11 is 7.67. The molecule has 96 valence electrons. The van der Waals surface area contributed by atoms with Gasteiger partial charge in [0, 0.05) is 17.5 Å². The van der Waals surface area contributed by atoms with Crippen LogP contribution in [0.25, 0.3) is 0 Å². The van der Waals surface area contributed by atoms with Gasteiger partial charge >= 0.3 is 0 Å². The Hall–Kier alpha value is -0.900. The molecule has 2 rings (SSSR count). The molecular weight excluding hydrogens is 264 g/mol. The van der Waals surface area contributed by atoms with Gasteiger partial charge < -0.3 is 5.32 Å². The second-order valence-electron chi connectivity index (χ2n) is 4.19. The van der Waals surface area contributed by atoms with Crippen LogP contribution in [0, 0.1) is 0 Å². The number of halogens is 1. The van der Waals surface area contributed by atoms with Crippen molar-refractivity contribution in [1.29, 1.82) is 0 Å². The molecule has 0 saturated heterocycles. The number of hydrogen-bond donors (Lipinski definition) is 1. The fourth-order valence-corrected chi connectivity index (χ4v) is 2.69. The molecule has 0 saturated carbocycles. The molecule has 2 aromatic rings. The lowest BCUT2D eigenvalue weighted by molar-refractivity contribution is 0.521. The van der Waals surface area contributed by atoms with E-state index >= 15 is 0 Å². The molecule has 0 aromatic carbocycles. The predicted octanol–water partition coefficient (Wildman–Crippen LogP) is 4.08. The minimum Gasteiger partial charge on any atom is -0.308 e. The van der Waals surface area contributed by atoms with Crippen LogP contribution < -0.4 is 5.32 Å². The van der Waals surface area contributed by atoms with E-state index in [1.807, 2.05) is 12.1 Å². The van der Waals surface area contributed by atoms with E-state index in [1.165, 1.54) is 4.88 Å². The van der Waals surface area contributed by atoms with Gasteiger partial charge in [-0.2, -0.15) is 0 Å². The van der Waals surface area contributed by atoms with E-state index in [0.29, 0.717) is 5.02 Å². The number of nitrogens with one attached hydrogen (secondary N) is 1. The van der Waals surface area contributed by atoms with Crippen LogP contribution in [0.5, 0.6) is 0 Å². The summed E-state index contributed by atoms with van der Waals surface area (Å²) in [5, 5.41) is 6.34. The van der Waals surface area contributed by atoms with Gasteiger partial charge in [-0.15, -0.1) is 11.3 Å². The first-order valence-corrected chi connectivity index (χ1v) is 7.42. The molecule has 0 spiro atoms. The normalized spacial score (nSPS) is 12.6. The minimum atomic E-state index is 0.265. The average Bonchev–Trinajstić information content (AvgIpc) is 2.88. The number of pyridine rings is 1. The lowest BCUT2D eigenvalue weighted by atomic mass is 10.1. The SMILES string of the molecule is CCCNC(Cc1cccs1)c1ccc(Cl)cn1. The molecule has 18 heavy (non-hydrogen) atoms. The molecule has 2 aromatic heterocycles. The van der Waals surface area contributed by atoms with Gasteiger partial charge in [0.1, 0.15) is 0 Å². The predicted molar refractivity (Wildman–Crippen MR) is 78.3 cm³/mol. The molecule has 1 N–H and O–H groups in total. The molecule has 0 fully saturated rings. The molecule has 2 nitrogen and oxygen atoms in total. The summed E-state index contributed by atoms with van der Waals surface area (Å²) in [7, 11) is 0. The van der Waals surface area contributed by atoms with Gasteiger partial charge in [0.25, 0.3) is 0 Å². The zero-order valence-electron chi connectivity index (χ0n) is 10.4. The summed E-state index contributed by atoms with van der Waals surface area (Å²) in [6, 6.07) is 8.43. The van der Waals surface area contributed by atoms with Crippen LogP contribution in [0.3, 0.4) is 0 Å². The summed E-state index contributed by atoms with van der Waals surface area (Å²) in [4.78, 5) is 5.80. The molecule has 0 radical (unpaired) electrons. The summed E-state index contributed by atoms with van der Waals surface area (Å²) in [5.74, 6) is 0. The maximum atomic E-state index is 5.88. The minimum absolute atomic E-state index is 0.265. The highest BCUT2D eigenvalue weighted by Gasteiger charge is 2.13. The van der Waals surface area contributed by atoms with E-state index in [-0.39, 0.29) is 6.04 Å². The van der Waals surface area contributed by atoms with Crippen LogP contribution in [0.1, 0.15) is 30.0 Å². The fraction of sp³-hybridized carbons (Fsp3) is 0.357. The third kappa shape index (κ3) is 3.80. The average molecular weight is 281 g/mol. The van der Waals surface area contributed by atoms with Crippen LogP contribution in [-0.4, -0.2) is 11.5 Å². The van der Waals surface area contributed by atoms with E-state index in [0.717, 1.165) is 25.1 Å². The highest BCUT2D eigenvalue weighted by atomic mass is 35.5. The number of hydrogen-bond acceptors (Lipinski definition) is 3.